The highest BCUT2D eigenvalue weighted by Crippen LogP contribution is 2.00. The molecule has 0 bridgehead atoms. The van der Waals surface area contributed by atoms with E-state index in [1.807, 2.05) is 6.07 Å². The van der Waals surface area contributed by atoms with Crippen LogP contribution in [-0.2, 0) is 20.9 Å². The third-order valence-electron chi connectivity index (χ3n) is 2.72. The Morgan fingerprint density at radius 3 is 2.38 bits per heavy atom. The number of primary amides is 1. The van der Waals surface area contributed by atoms with E-state index in [4.69, 9.17) is 15.6 Å². The number of rotatable bonds is 8. The fourth-order valence-corrected chi connectivity index (χ4v) is 1.60. The number of alkyl carbamates (subject to hydrolysis) is 1. The van der Waals surface area contributed by atoms with Gasteiger partial charge in [-0.15, -0.1) is 0 Å². The summed E-state index contributed by atoms with van der Waals surface area (Å²) in [6.45, 7) is -0.965. The molecule has 0 unspecified atom stereocenters. The zero-order chi connectivity index (χ0) is 17.9. The van der Waals surface area contributed by atoms with Crippen LogP contribution in [-0.4, -0.2) is 48.2 Å². The maximum absolute atomic E-state index is 11.8. The minimum atomic E-state index is -1.25. The van der Waals surface area contributed by atoms with E-state index in [9.17, 15) is 19.2 Å². The molecule has 0 radical (unpaired) electrons. The Morgan fingerprint density at radius 2 is 1.79 bits per heavy atom. The molecule has 0 heterocycles. The molecule has 4 amide bonds. The van der Waals surface area contributed by atoms with Gasteiger partial charge in [0.15, 0.2) is 0 Å². The SMILES string of the molecule is NC(=O)NC[C@H](NC(=O)OCc1ccccc1)C(=O)NCC(=O)O. The number of aliphatic carboxylic acids is 1. The van der Waals surface area contributed by atoms with Gasteiger partial charge in [-0.2, -0.15) is 0 Å². The summed E-state index contributed by atoms with van der Waals surface area (Å²) in [6, 6.07) is 6.72. The van der Waals surface area contributed by atoms with Crippen molar-refractivity contribution in [3.05, 3.63) is 35.9 Å². The molecule has 24 heavy (non-hydrogen) atoms. The normalized spacial score (nSPS) is 11.0. The van der Waals surface area contributed by atoms with Gasteiger partial charge in [-0.05, 0) is 5.56 Å². The van der Waals surface area contributed by atoms with E-state index >= 15 is 0 Å². The first-order valence-electron chi connectivity index (χ1n) is 6.88. The van der Waals surface area contributed by atoms with E-state index in [2.05, 4.69) is 16.0 Å². The number of urea groups is 1. The summed E-state index contributed by atoms with van der Waals surface area (Å²) in [6.07, 6.45) is -0.902. The number of hydrogen-bond donors (Lipinski definition) is 5. The van der Waals surface area contributed by atoms with Crippen LogP contribution in [0.1, 0.15) is 5.56 Å². The smallest absolute Gasteiger partial charge is 0.408 e. The van der Waals surface area contributed by atoms with Gasteiger partial charge in [-0.25, -0.2) is 9.59 Å². The van der Waals surface area contributed by atoms with Crippen molar-refractivity contribution in [3.8, 4) is 0 Å². The Labute approximate surface area is 137 Å². The summed E-state index contributed by atoms with van der Waals surface area (Å²) in [4.78, 5) is 44.8. The van der Waals surface area contributed by atoms with Gasteiger partial charge >= 0.3 is 18.1 Å². The average molecular weight is 338 g/mol. The Morgan fingerprint density at radius 1 is 1.12 bits per heavy atom. The molecular formula is C14H18N4O6. The van der Waals surface area contributed by atoms with Crippen LogP contribution in [0, 0.1) is 0 Å². The maximum Gasteiger partial charge on any atom is 0.408 e. The van der Waals surface area contributed by atoms with Crippen LogP contribution in [0.5, 0.6) is 0 Å². The predicted octanol–water partition coefficient (Wildman–Crippen LogP) is -0.849. The lowest BCUT2D eigenvalue weighted by Gasteiger charge is -2.18. The number of carboxylic acid groups (broad SMARTS) is 1. The molecule has 1 atom stereocenters. The number of carbonyl (C=O) groups excluding carboxylic acids is 3. The van der Waals surface area contributed by atoms with Crippen molar-refractivity contribution in [3.63, 3.8) is 0 Å². The van der Waals surface area contributed by atoms with Crippen molar-refractivity contribution < 1.29 is 29.0 Å². The molecule has 10 heteroatoms. The molecule has 0 aliphatic rings. The summed E-state index contributed by atoms with van der Waals surface area (Å²) < 4.78 is 4.95. The number of carboxylic acids is 1. The van der Waals surface area contributed by atoms with Gasteiger partial charge in [0.25, 0.3) is 0 Å². The summed E-state index contributed by atoms with van der Waals surface area (Å²) in [7, 11) is 0. The van der Waals surface area contributed by atoms with Crippen LogP contribution in [0.3, 0.4) is 0 Å². The van der Waals surface area contributed by atoms with Gasteiger partial charge in [0.2, 0.25) is 5.91 Å². The summed E-state index contributed by atoms with van der Waals surface area (Å²) in [5.41, 5.74) is 5.65. The zero-order valence-electron chi connectivity index (χ0n) is 12.7. The second kappa shape index (κ2) is 9.66. The van der Waals surface area contributed by atoms with E-state index in [0.29, 0.717) is 0 Å². The van der Waals surface area contributed by atoms with Gasteiger partial charge < -0.3 is 31.5 Å². The van der Waals surface area contributed by atoms with Crippen LogP contribution < -0.4 is 21.7 Å². The first-order valence-corrected chi connectivity index (χ1v) is 6.88. The number of nitrogens with one attached hydrogen (secondary N) is 3. The number of nitrogens with two attached hydrogens (primary N) is 1. The number of benzene rings is 1. The molecule has 6 N–H and O–H groups in total. The third kappa shape index (κ3) is 7.64. The molecule has 1 aromatic carbocycles. The molecule has 0 saturated carbocycles. The van der Waals surface area contributed by atoms with Crippen molar-refractivity contribution in [2.75, 3.05) is 13.1 Å². The fourth-order valence-electron chi connectivity index (χ4n) is 1.60. The summed E-state index contributed by atoms with van der Waals surface area (Å²) in [5.74, 6) is -2.06. The van der Waals surface area contributed by atoms with Crippen molar-refractivity contribution >= 4 is 24.0 Å². The average Bonchev–Trinajstić information content (AvgIpc) is 2.55. The van der Waals surface area contributed by atoms with Crippen LogP contribution in [0.15, 0.2) is 30.3 Å². The highest BCUT2D eigenvalue weighted by atomic mass is 16.5. The van der Waals surface area contributed by atoms with Crippen molar-refractivity contribution in [1.82, 2.24) is 16.0 Å². The third-order valence-corrected chi connectivity index (χ3v) is 2.72. The lowest BCUT2D eigenvalue weighted by Crippen LogP contribution is -2.54. The van der Waals surface area contributed by atoms with E-state index < -0.39 is 36.6 Å². The Bertz CT molecular complexity index is 592. The fraction of sp³-hybridized carbons (Fsp3) is 0.286. The predicted molar refractivity (Wildman–Crippen MR) is 81.8 cm³/mol. The van der Waals surface area contributed by atoms with E-state index in [0.717, 1.165) is 5.56 Å². The molecule has 0 saturated heterocycles. The second-order valence-electron chi connectivity index (χ2n) is 4.62. The number of ether oxygens (including phenoxy) is 1. The van der Waals surface area contributed by atoms with Crippen LogP contribution in [0.2, 0.25) is 0 Å². The second-order valence-corrected chi connectivity index (χ2v) is 4.62. The Balaban J connectivity index is 2.55. The van der Waals surface area contributed by atoms with Gasteiger partial charge in [0.05, 0.1) is 0 Å². The molecule has 0 aliphatic carbocycles. The molecule has 1 rings (SSSR count). The van der Waals surface area contributed by atoms with E-state index in [-0.39, 0.29) is 13.2 Å². The standard InChI is InChI=1S/C14H18N4O6/c15-13(22)17-6-10(12(21)16-7-11(19)20)18-14(23)24-8-9-4-2-1-3-5-9/h1-5,10H,6-8H2,(H,16,21)(H,18,23)(H,19,20)(H3,15,17,22)/t10-/m0/s1. The minimum absolute atomic E-state index is 0.0145. The van der Waals surface area contributed by atoms with Crippen LogP contribution in [0.4, 0.5) is 9.59 Å². The lowest BCUT2D eigenvalue weighted by molar-refractivity contribution is -0.138. The first kappa shape index (κ1) is 18.7. The largest absolute Gasteiger partial charge is 0.480 e. The molecule has 0 aliphatic heterocycles. The van der Waals surface area contributed by atoms with Gasteiger partial charge in [0, 0.05) is 6.54 Å². The minimum Gasteiger partial charge on any atom is -0.480 e. The number of amides is 4. The molecule has 1 aromatic rings. The van der Waals surface area contributed by atoms with Crippen LogP contribution in [0.25, 0.3) is 0 Å². The van der Waals surface area contributed by atoms with Crippen molar-refractivity contribution in [2.24, 2.45) is 5.73 Å². The van der Waals surface area contributed by atoms with E-state index in [1.165, 1.54) is 0 Å². The van der Waals surface area contributed by atoms with Gasteiger partial charge in [-0.1, -0.05) is 30.3 Å². The molecule has 0 aromatic heterocycles. The highest BCUT2D eigenvalue weighted by molar-refractivity contribution is 5.88. The van der Waals surface area contributed by atoms with Crippen molar-refractivity contribution in [1.29, 1.82) is 0 Å². The zero-order valence-corrected chi connectivity index (χ0v) is 12.7. The molecule has 10 nitrogen and oxygen atoms in total. The Kier molecular flexibility index (Phi) is 7.55. The summed E-state index contributed by atoms with van der Waals surface area (Å²) >= 11 is 0. The number of carbonyl (C=O) groups is 4. The molecule has 0 spiro atoms. The molecular weight excluding hydrogens is 320 g/mol. The highest BCUT2D eigenvalue weighted by Gasteiger charge is 2.22. The Hall–Kier alpha value is -3.30. The van der Waals surface area contributed by atoms with Gasteiger partial charge in [-0.3, -0.25) is 9.59 Å². The lowest BCUT2D eigenvalue weighted by atomic mass is 10.2. The van der Waals surface area contributed by atoms with Gasteiger partial charge in [0.1, 0.15) is 19.2 Å². The monoisotopic (exact) mass is 338 g/mol. The maximum atomic E-state index is 11.8. The van der Waals surface area contributed by atoms with E-state index in [1.54, 1.807) is 24.3 Å². The first-order chi connectivity index (χ1) is 11.4. The molecule has 130 valence electrons. The summed E-state index contributed by atoms with van der Waals surface area (Å²) in [5, 5.41) is 15.0. The quantitative estimate of drug-likeness (QED) is 0.415. The number of hydrogen-bond acceptors (Lipinski definition) is 5. The van der Waals surface area contributed by atoms with Crippen molar-refractivity contribution in [2.45, 2.75) is 12.6 Å². The van der Waals surface area contributed by atoms with Crippen LogP contribution >= 0.6 is 0 Å². The topological polar surface area (TPSA) is 160 Å². The molecule has 0 fully saturated rings.